The Hall–Kier alpha value is -1.46. The monoisotopic (exact) mass is 378 g/mol. The van der Waals surface area contributed by atoms with Crippen molar-refractivity contribution >= 4 is 48.9 Å². The molecule has 0 aromatic rings. The molecule has 1 saturated heterocycles. The summed E-state index contributed by atoms with van der Waals surface area (Å²) >= 11 is 7.91. The van der Waals surface area contributed by atoms with E-state index in [-0.39, 0.29) is 18.1 Å². The van der Waals surface area contributed by atoms with Gasteiger partial charge in [-0.3, -0.25) is 14.4 Å². The van der Waals surface area contributed by atoms with Crippen molar-refractivity contribution in [2.24, 2.45) is 5.73 Å². The third-order valence-corrected chi connectivity index (χ3v) is 4.35. The first-order valence-corrected chi connectivity index (χ1v) is 8.66. The van der Waals surface area contributed by atoms with Crippen LogP contribution < -0.4 is 16.4 Å². The molecule has 136 valence electrons. The van der Waals surface area contributed by atoms with Crippen molar-refractivity contribution in [1.29, 1.82) is 0 Å². The summed E-state index contributed by atoms with van der Waals surface area (Å²) in [5.41, 5.74) is 5.46. The number of hydrogen-bond acceptors (Lipinski definition) is 7. The first-order chi connectivity index (χ1) is 11.3. The van der Waals surface area contributed by atoms with Gasteiger partial charge in [-0.05, 0) is 12.8 Å². The van der Waals surface area contributed by atoms with E-state index in [0.717, 1.165) is 0 Å². The molecule has 1 heterocycles. The minimum Gasteiger partial charge on any atom is -0.480 e. The SMILES string of the molecule is NC(CS)C(=O)NCC(=O)NC(CS)C(=O)N1CCCC1C(=O)O. The van der Waals surface area contributed by atoms with Crippen LogP contribution in [0.15, 0.2) is 0 Å². The van der Waals surface area contributed by atoms with E-state index < -0.39 is 41.8 Å². The lowest BCUT2D eigenvalue weighted by Crippen LogP contribution is -2.54. The fourth-order valence-electron chi connectivity index (χ4n) is 2.30. The van der Waals surface area contributed by atoms with Crippen molar-refractivity contribution in [3.63, 3.8) is 0 Å². The highest BCUT2D eigenvalue weighted by molar-refractivity contribution is 7.80. The van der Waals surface area contributed by atoms with Gasteiger partial charge in [-0.15, -0.1) is 0 Å². The van der Waals surface area contributed by atoms with Crippen molar-refractivity contribution in [3.05, 3.63) is 0 Å². The summed E-state index contributed by atoms with van der Waals surface area (Å²) in [6.45, 7) is -0.0241. The van der Waals surface area contributed by atoms with Crippen LogP contribution in [-0.4, -0.2) is 76.4 Å². The van der Waals surface area contributed by atoms with Crippen LogP contribution in [0.5, 0.6) is 0 Å². The first-order valence-electron chi connectivity index (χ1n) is 7.39. The van der Waals surface area contributed by atoms with E-state index in [0.29, 0.717) is 19.4 Å². The molecule has 1 aliphatic rings. The zero-order valence-corrected chi connectivity index (χ0v) is 14.8. The number of aliphatic carboxylic acids is 1. The molecule has 0 bridgehead atoms. The number of amides is 3. The Kier molecular flexibility index (Phi) is 8.36. The second-order valence-corrected chi connectivity index (χ2v) is 6.07. The van der Waals surface area contributed by atoms with E-state index in [2.05, 4.69) is 35.9 Å². The second kappa shape index (κ2) is 9.74. The number of carboxylic acids is 1. The topological polar surface area (TPSA) is 142 Å². The summed E-state index contributed by atoms with van der Waals surface area (Å²) in [6.07, 6.45) is 0.972. The lowest BCUT2D eigenvalue weighted by atomic mass is 10.2. The normalized spacial score (nSPS) is 19.5. The average molecular weight is 378 g/mol. The number of carbonyl (C=O) groups excluding carboxylic acids is 3. The van der Waals surface area contributed by atoms with Crippen LogP contribution >= 0.6 is 25.3 Å². The molecule has 9 nitrogen and oxygen atoms in total. The smallest absolute Gasteiger partial charge is 0.326 e. The molecular weight excluding hydrogens is 356 g/mol. The number of nitrogens with one attached hydrogen (secondary N) is 2. The standard InChI is InChI=1S/C13H22N4O5S2/c14-7(5-23)11(19)15-4-10(18)16-8(6-24)12(20)17-3-1-2-9(17)13(21)22/h7-9,23-24H,1-6,14H2,(H,15,19)(H,16,18)(H,21,22). The van der Waals surface area contributed by atoms with Gasteiger partial charge in [0.15, 0.2) is 0 Å². The van der Waals surface area contributed by atoms with E-state index in [1.165, 1.54) is 4.90 Å². The van der Waals surface area contributed by atoms with Gasteiger partial charge in [-0.2, -0.15) is 25.3 Å². The maximum absolute atomic E-state index is 12.4. The van der Waals surface area contributed by atoms with Crippen LogP contribution in [-0.2, 0) is 19.2 Å². The van der Waals surface area contributed by atoms with Gasteiger partial charge in [0.2, 0.25) is 17.7 Å². The highest BCUT2D eigenvalue weighted by Gasteiger charge is 2.37. The Balaban J connectivity index is 2.57. The van der Waals surface area contributed by atoms with Gasteiger partial charge in [0, 0.05) is 18.1 Å². The largest absolute Gasteiger partial charge is 0.480 e. The minimum atomic E-state index is -1.07. The summed E-state index contributed by atoms with van der Waals surface area (Å²) < 4.78 is 0. The summed E-state index contributed by atoms with van der Waals surface area (Å²) in [5, 5.41) is 13.9. The Morgan fingerprint density at radius 3 is 2.46 bits per heavy atom. The molecular formula is C13H22N4O5S2. The van der Waals surface area contributed by atoms with Gasteiger partial charge in [0.1, 0.15) is 12.1 Å². The molecule has 24 heavy (non-hydrogen) atoms. The van der Waals surface area contributed by atoms with E-state index in [4.69, 9.17) is 10.8 Å². The summed E-state index contributed by atoms with van der Waals surface area (Å²) in [4.78, 5) is 48.1. The van der Waals surface area contributed by atoms with Crippen molar-refractivity contribution in [1.82, 2.24) is 15.5 Å². The molecule has 0 aliphatic carbocycles. The Morgan fingerprint density at radius 2 is 1.92 bits per heavy atom. The number of nitrogens with zero attached hydrogens (tertiary/aromatic N) is 1. The summed E-state index contributed by atoms with van der Waals surface area (Å²) in [6, 6.07) is -2.68. The molecule has 1 rings (SSSR count). The molecule has 3 amide bonds. The molecule has 0 radical (unpaired) electrons. The molecule has 1 fully saturated rings. The number of carbonyl (C=O) groups is 4. The molecule has 3 unspecified atom stereocenters. The van der Waals surface area contributed by atoms with Crippen LogP contribution in [0.3, 0.4) is 0 Å². The number of likely N-dealkylation sites (tertiary alicyclic amines) is 1. The lowest BCUT2D eigenvalue weighted by molar-refractivity contribution is -0.149. The highest BCUT2D eigenvalue weighted by atomic mass is 32.1. The van der Waals surface area contributed by atoms with Crippen LogP contribution in [0, 0.1) is 0 Å². The van der Waals surface area contributed by atoms with Crippen molar-refractivity contribution in [3.8, 4) is 0 Å². The quantitative estimate of drug-likeness (QED) is 0.266. The summed E-state index contributed by atoms with van der Waals surface area (Å²) in [5.74, 6) is -2.54. The molecule has 0 spiro atoms. The predicted octanol–water partition coefficient (Wildman–Crippen LogP) is -2.15. The summed E-state index contributed by atoms with van der Waals surface area (Å²) in [7, 11) is 0. The van der Waals surface area contributed by atoms with Gasteiger partial charge < -0.3 is 26.4 Å². The fraction of sp³-hybridized carbons (Fsp3) is 0.692. The Labute approximate surface area is 150 Å². The van der Waals surface area contributed by atoms with Crippen LogP contribution in [0.1, 0.15) is 12.8 Å². The number of nitrogens with two attached hydrogens (primary N) is 1. The van der Waals surface area contributed by atoms with E-state index in [9.17, 15) is 19.2 Å². The third kappa shape index (κ3) is 5.56. The zero-order chi connectivity index (χ0) is 18.3. The third-order valence-electron chi connectivity index (χ3n) is 3.59. The molecule has 1 aliphatic heterocycles. The van der Waals surface area contributed by atoms with E-state index in [1.54, 1.807) is 0 Å². The molecule has 11 heteroatoms. The second-order valence-electron chi connectivity index (χ2n) is 5.34. The van der Waals surface area contributed by atoms with Crippen molar-refractivity contribution in [2.45, 2.75) is 31.0 Å². The van der Waals surface area contributed by atoms with E-state index in [1.807, 2.05) is 0 Å². The Morgan fingerprint density at radius 1 is 1.25 bits per heavy atom. The molecule has 0 saturated carbocycles. The van der Waals surface area contributed by atoms with Gasteiger partial charge in [-0.1, -0.05) is 0 Å². The molecule has 0 aromatic heterocycles. The molecule has 0 aromatic carbocycles. The van der Waals surface area contributed by atoms with Gasteiger partial charge in [0.05, 0.1) is 12.6 Å². The van der Waals surface area contributed by atoms with Crippen molar-refractivity contribution < 1.29 is 24.3 Å². The predicted molar refractivity (Wildman–Crippen MR) is 93.0 cm³/mol. The van der Waals surface area contributed by atoms with Crippen LogP contribution in [0.25, 0.3) is 0 Å². The lowest BCUT2D eigenvalue weighted by Gasteiger charge is -2.26. The maximum Gasteiger partial charge on any atom is 0.326 e. The van der Waals surface area contributed by atoms with Crippen molar-refractivity contribution in [2.75, 3.05) is 24.6 Å². The minimum absolute atomic E-state index is 0.0114. The molecule has 5 N–H and O–H groups in total. The maximum atomic E-state index is 12.4. The van der Waals surface area contributed by atoms with Crippen LogP contribution in [0.4, 0.5) is 0 Å². The number of hydrogen-bond donors (Lipinski definition) is 6. The number of carboxylic acid groups (broad SMARTS) is 1. The van der Waals surface area contributed by atoms with Gasteiger partial charge in [0.25, 0.3) is 0 Å². The molecule has 3 atom stereocenters. The van der Waals surface area contributed by atoms with Gasteiger partial charge in [-0.25, -0.2) is 4.79 Å². The average Bonchev–Trinajstić information content (AvgIpc) is 3.05. The zero-order valence-electron chi connectivity index (χ0n) is 13.0. The fourth-order valence-corrected chi connectivity index (χ4v) is 2.71. The number of rotatable bonds is 8. The van der Waals surface area contributed by atoms with E-state index >= 15 is 0 Å². The van der Waals surface area contributed by atoms with Gasteiger partial charge >= 0.3 is 5.97 Å². The Bertz CT molecular complexity index is 505. The number of thiol groups is 2. The van der Waals surface area contributed by atoms with Crippen LogP contribution in [0.2, 0.25) is 0 Å². The first kappa shape index (κ1) is 20.6. The highest BCUT2D eigenvalue weighted by Crippen LogP contribution is 2.18.